The summed E-state index contributed by atoms with van der Waals surface area (Å²) in [5.41, 5.74) is 2.80. The van der Waals surface area contributed by atoms with Crippen LogP contribution in [0.2, 0.25) is 0 Å². The van der Waals surface area contributed by atoms with Gasteiger partial charge in [0.2, 0.25) is 0 Å². The van der Waals surface area contributed by atoms with Crippen molar-refractivity contribution in [3.8, 4) is 11.3 Å². The van der Waals surface area contributed by atoms with E-state index in [4.69, 9.17) is 0 Å². The Morgan fingerprint density at radius 2 is 1.76 bits per heavy atom. The minimum atomic E-state index is 0.748. The molecule has 1 aliphatic rings. The predicted octanol–water partition coefficient (Wildman–Crippen LogP) is 2.50. The SMILES string of the molecule is CN1CCN(c2ccc(-c3cccc(Nc4cc(N(C)C)ncn4)c3)nn2)CC1. The van der Waals surface area contributed by atoms with Crippen LogP contribution in [-0.4, -0.2) is 72.4 Å². The molecule has 8 heteroatoms. The van der Waals surface area contributed by atoms with E-state index in [2.05, 4.69) is 54.5 Å². The fourth-order valence-corrected chi connectivity index (χ4v) is 3.25. The van der Waals surface area contributed by atoms with Gasteiger partial charge >= 0.3 is 0 Å². The van der Waals surface area contributed by atoms with E-state index in [1.54, 1.807) is 6.33 Å². The largest absolute Gasteiger partial charge is 0.363 e. The maximum Gasteiger partial charge on any atom is 0.151 e. The van der Waals surface area contributed by atoms with Crippen molar-refractivity contribution in [1.29, 1.82) is 0 Å². The van der Waals surface area contributed by atoms with E-state index in [1.165, 1.54) is 0 Å². The smallest absolute Gasteiger partial charge is 0.151 e. The summed E-state index contributed by atoms with van der Waals surface area (Å²) < 4.78 is 0. The number of likely N-dealkylation sites (N-methyl/N-ethyl adjacent to an activating group) is 1. The van der Waals surface area contributed by atoms with Gasteiger partial charge in [-0.25, -0.2) is 9.97 Å². The third-order valence-corrected chi connectivity index (χ3v) is 5.02. The fourth-order valence-electron chi connectivity index (χ4n) is 3.25. The normalized spacial score (nSPS) is 14.7. The van der Waals surface area contributed by atoms with Gasteiger partial charge in [0.25, 0.3) is 0 Å². The quantitative estimate of drug-likeness (QED) is 0.712. The summed E-state index contributed by atoms with van der Waals surface area (Å²) in [6.07, 6.45) is 1.56. The first kappa shape index (κ1) is 19.1. The molecule has 1 N–H and O–H groups in total. The van der Waals surface area contributed by atoms with Crippen LogP contribution in [0.3, 0.4) is 0 Å². The number of hydrogen-bond acceptors (Lipinski definition) is 8. The van der Waals surface area contributed by atoms with Crippen molar-refractivity contribution >= 4 is 23.1 Å². The molecular formula is C21H26N8. The van der Waals surface area contributed by atoms with E-state index >= 15 is 0 Å². The molecule has 3 heterocycles. The fraction of sp³-hybridized carbons (Fsp3) is 0.333. The van der Waals surface area contributed by atoms with Gasteiger partial charge in [0.1, 0.15) is 18.0 Å². The van der Waals surface area contributed by atoms with Crippen LogP contribution >= 0.6 is 0 Å². The van der Waals surface area contributed by atoms with Gasteiger partial charge in [0, 0.05) is 57.6 Å². The highest BCUT2D eigenvalue weighted by Gasteiger charge is 2.15. The Hall–Kier alpha value is -3.26. The van der Waals surface area contributed by atoms with Crippen molar-refractivity contribution in [2.75, 3.05) is 62.4 Å². The van der Waals surface area contributed by atoms with Crippen molar-refractivity contribution in [2.24, 2.45) is 0 Å². The van der Waals surface area contributed by atoms with Crippen molar-refractivity contribution in [2.45, 2.75) is 0 Å². The van der Waals surface area contributed by atoms with E-state index in [1.807, 2.05) is 49.3 Å². The first-order chi connectivity index (χ1) is 14.1. The lowest BCUT2D eigenvalue weighted by atomic mass is 10.1. The molecule has 150 valence electrons. The average molecular weight is 390 g/mol. The molecule has 29 heavy (non-hydrogen) atoms. The highest BCUT2D eigenvalue weighted by Crippen LogP contribution is 2.24. The number of anilines is 4. The second kappa shape index (κ2) is 8.40. The lowest BCUT2D eigenvalue weighted by molar-refractivity contribution is 0.312. The number of benzene rings is 1. The van der Waals surface area contributed by atoms with Crippen LogP contribution in [0.1, 0.15) is 0 Å². The lowest BCUT2D eigenvalue weighted by Gasteiger charge is -2.32. The van der Waals surface area contributed by atoms with E-state index in [9.17, 15) is 0 Å². The first-order valence-electron chi connectivity index (χ1n) is 9.72. The van der Waals surface area contributed by atoms with Crippen LogP contribution in [0.5, 0.6) is 0 Å². The van der Waals surface area contributed by atoms with Gasteiger partial charge in [0.05, 0.1) is 5.69 Å². The Balaban J connectivity index is 1.49. The topological polar surface area (TPSA) is 73.3 Å². The lowest BCUT2D eigenvalue weighted by Crippen LogP contribution is -2.44. The molecule has 0 unspecified atom stereocenters. The Morgan fingerprint density at radius 3 is 2.48 bits per heavy atom. The van der Waals surface area contributed by atoms with Gasteiger partial charge in [-0.15, -0.1) is 10.2 Å². The van der Waals surface area contributed by atoms with Crippen molar-refractivity contribution in [1.82, 2.24) is 25.1 Å². The third-order valence-electron chi connectivity index (χ3n) is 5.02. The molecule has 0 saturated carbocycles. The van der Waals surface area contributed by atoms with Gasteiger partial charge in [-0.05, 0) is 31.3 Å². The summed E-state index contributed by atoms with van der Waals surface area (Å²) in [7, 11) is 6.06. The summed E-state index contributed by atoms with van der Waals surface area (Å²) in [4.78, 5) is 15.1. The van der Waals surface area contributed by atoms with Crippen LogP contribution in [0, 0.1) is 0 Å². The molecule has 1 fully saturated rings. The number of rotatable bonds is 5. The Morgan fingerprint density at radius 1 is 0.931 bits per heavy atom. The summed E-state index contributed by atoms with van der Waals surface area (Å²) in [5.74, 6) is 2.54. The first-order valence-corrected chi connectivity index (χ1v) is 9.72. The third kappa shape index (κ3) is 4.60. The molecule has 0 atom stereocenters. The molecule has 2 aromatic heterocycles. The van der Waals surface area contributed by atoms with E-state index < -0.39 is 0 Å². The zero-order chi connectivity index (χ0) is 20.2. The van der Waals surface area contributed by atoms with Gasteiger partial charge in [-0.1, -0.05) is 12.1 Å². The van der Waals surface area contributed by atoms with Crippen LogP contribution in [-0.2, 0) is 0 Å². The Bertz CT molecular complexity index is 949. The molecule has 8 nitrogen and oxygen atoms in total. The molecule has 3 aromatic rings. The van der Waals surface area contributed by atoms with Crippen molar-refractivity contribution in [3.63, 3.8) is 0 Å². The second-order valence-corrected chi connectivity index (χ2v) is 7.43. The van der Waals surface area contributed by atoms with E-state index in [0.29, 0.717) is 0 Å². The number of hydrogen-bond donors (Lipinski definition) is 1. The molecule has 4 rings (SSSR count). The van der Waals surface area contributed by atoms with Crippen molar-refractivity contribution < 1.29 is 0 Å². The summed E-state index contributed by atoms with van der Waals surface area (Å²) in [5, 5.41) is 12.3. The van der Waals surface area contributed by atoms with Gasteiger partial charge in [-0.3, -0.25) is 0 Å². The zero-order valence-electron chi connectivity index (χ0n) is 17.1. The number of piperazine rings is 1. The van der Waals surface area contributed by atoms with E-state index in [-0.39, 0.29) is 0 Å². The van der Waals surface area contributed by atoms with Crippen LogP contribution in [0.25, 0.3) is 11.3 Å². The predicted molar refractivity (Wildman–Crippen MR) is 117 cm³/mol. The van der Waals surface area contributed by atoms with Crippen LogP contribution < -0.4 is 15.1 Å². The monoisotopic (exact) mass is 390 g/mol. The van der Waals surface area contributed by atoms with Crippen molar-refractivity contribution in [3.05, 3.63) is 48.8 Å². The number of nitrogens with one attached hydrogen (secondary N) is 1. The summed E-state index contributed by atoms with van der Waals surface area (Å²) in [6.45, 7) is 4.07. The summed E-state index contributed by atoms with van der Waals surface area (Å²) in [6, 6.07) is 14.1. The maximum absolute atomic E-state index is 4.46. The van der Waals surface area contributed by atoms with E-state index in [0.717, 1.165) is 60.6 Å². The minimum Gasteiger partial charge on any atom is -0.363 e. The average Bonchev–Trinajstić information content (AvgIpc) is 2.75. The molecule has 0 amide bonds. The zero-order valence-corrected chi connectivity index (χ0v) is 17.1. The minimum absolute atomic E-state index is 0.748. The highest BCUT2D eigenvalue weighted by molar-refractivity contribution is 5.68. The Labute approximate surface area is 171 Å². The van der Waals surface area contributed by atoms with Crippen LogP contribution in [0.15, 0.2) is 48.8 Å². The Kier molecular flexibility index (Phi) is 5.53. The van der Waals surface area contributed by atoms with Gasteiger partial charge in [-0.2, -0.15) is 0 Å². The molecule has 0 bridgehead atoms. The van der Waals surface area contributed by atoms with Gasteiger partial charge < -0.3 is 20.0 Å². The molecule has 1 saturated heterocycles. The molecular weight excluding hydrogens is 364 g/mol. The highest BCUT2D eigenvalue weighted by atomic mass is 15.3. The summed E-state index contributed by atoms with van der Waals surface area (Å²) >= 11 is 0. The van der Waals surface area contributed by atoms with Gasteiger partial charge in [0.15, 0.2) is 5.82 Å². The standard InChI is InChI=1S/C21H26N8/c1-27(2)21-14-19(22-15-23-21)24-17-6-4-5-16(13-17)18-7-8-20(26-25-18)29-11-9-28(3)10-12-29/h4-8,13-15H,9-12H2,1-3H3,(H,22,23,24). The number of nitrogens with zero attached hydrogens (tertiary/aromatic N) is 7. The maximum atomic E-state index is 4.46. The van der Waals surface area contributed by atoms with Crippen LogP contribution in [0.4, 0.5) is 23.1 Å². The molecule has 0 radical (unpaired) electrons. The second-order valence-electron chi connectivity index (χ2n) is 7.43. The molecule has 0 aliphatic carbocycles. The molecule has 1 aromatic carbocycles. The molecule has 0 spiro atoms. The number of aromatic nitrogens is 4. The molecule has 1 aliphatic heterocycles.